The van der Waals surface area contributed by atoms with E-state index in [9.17, 15) is 0 Å². The molecule has 1 fully saturated rings. The second kappa shape index (κ2) is 9.62. The van der Waals surface area contributed by atoms with Gasteiger partial charge in [0, 0.05) is 45.8 Å². The molecule has 3 rings (SSSR count). The van der Waals surface area contributed by atoms with Crippen molar-refractivity contribution in [3.05, 3.63) is 47.3 Å². The number of nitrogens with one attached hydrogen (secondary N) is 1. The van der Waals surface area contributed by atoms with Crippen LogP contribution in [0.1, 0.15) is 12.6 Å². The summed E-state index contributed by atoms with van der Waals surface area (Å²) in [6.45, 7) is 7.22. The lowest BCUT2D eigenvalue weighted by atomic mass is 10.3. The molecule has 27 heavy (non-hydrogen) atoms. The van der Waals surface area contributed by atoms with E-state index in [0.29, 0.717) is 17.3 Å². The van der Waals surface area contributed by atoms with Gasteiger partial charge in [-0.15, -0.1) is 0 Å². The lowest BCUT2D eigenvalue weighted by Crippen LogP contribution is -2.53. The Labute approximate surface area is 164 Å². The molecule has 1 atom stereocenters. The number of aromatic nitrogens is 1. The molecule has 1 N–H and O–H groups in total. The Morgan fingerprint density at radius 3 is 2.74 bits per heavy atom. The van der Waals surface area contributed by atoms with Crippen LogP contribution in [0, 0.1) is 0 Å². The first-order chi connectivity index (χ1) is 13.2. The van der Waals surface area contributed by atoms with Crippen LogP contribution in [0.3, 0.4) is 0 Å². The minimum Gasteiger partial charge on any atom is -0.487 e. The van der Waals surface area contributed by atoms with E-state index < -0.39 is 0 Å². The monoisotopic (exact) mass is 391 g/mol. The number of ether oxygens (including phenoxy) is 1. The number of benzene rings is 1. The van der Waals surface area contributed by atoms with Gasteiger partial charge in [-0.05, 0) is 19.1 Å². The van der Waals surface area contributed by atoms with Gasteiger partial charge in [0.25, 0.3) is 0 Å². The Morgan fingerprint density at radius 2 is 2.07 bits per heavy atom. The SMILES string of the molecule is CN=C(NCC(C)Oc1ccccc1Cl)N1CCN(Cc2ccon2)CC1. The average molecular weight is 392 g/mol. The number of rotatable bonds is 6. The quantitative estimate of drug-likeness (QED) is 0.602. The fraction of sp³-hybridized carbons (Fsp3) is 0.474. The van der Waals surface area contributed by atoms with Crippen LogP contribution < -0.4 is 10.1 Å². The molecule has 0 radical (unpaired) electrons. The first-order valence-corrected chi connectivity index (χ1v) is 9.52. The van der Waals surface area contributed by atoms with Crippen molar-refractivity contribution in [3.8, 4) is 5.75 Å². The molecule has 2 aromatic rings. The summed E-state index contributed by atoms with van der Waals surface area (Å²) in [5, 5.41) is 8.00. The third-order valence-electron chi connectivity index (χ3n) is 4.47. The molecule has 1 aromatic carbocycles. The Morgan fingerprint density at radius 1 is 1.30 bits per heavy atom. The van der Waals surface area contributed by atoms with Gasteiger partial charge in [0.05, 0.1) is 17.3 Å². The molecule has 0 aliphatic carbocycles. The molecule has 1 aliphatic rings. The Bertz CT molecular complexity index is 729. The van der Waals surface area contributed by atoms with E-state index in [-0.39, 0.29) is 6.10 Å². The Kier molecular flexibility index (Phi) is 6.95. The maximum atomic E-state index is 6.15. The third kappa shape index (κ3) is 5.61. The van der Waals surface area contributed by atoms with E-state index in [1.807, 2.05) is 44.3 Å². The molecule has 8 heteroatoms. The predicted octanol–water partition coefficient (Wildman–Crippen LogP) is 2.49. The highest BCUT2D eigenvalue weighted by atomic mass is 35.5. The van der Waals surface area contributed by atoms with Gasteiger partial charge in [-0.3, -0.25) is 9.89 Å². The average Bonchev–Trinajstić information content (AvgIpc) is 3.18. The molecule has 1 unspecified atom stereocenters. The van der Waals surface area contributed by atoms with Crippen LogP contribution in [0.15, 0.2) is 46.1 Å². The van der Waals surface area contributed by atoms with E-state index in [4.69, 9.17) is 20.9 Å². The van der Waals surface area contributed by atoms with E-state index in [2.05, 4.69) is 25.3 Å². The summed E-state index contributed by atoms with van der Waals surface area (Å²) < 4.78 is 10.8. The van der Waals surface area contributed by atoms with Crippen LogP contribution in [0.2, 0.25) is 5.02 Å². The molecular formula is C19H26ClN5O2. The predicted molar refractivity (Wildman–Crippen MR) is 106 cm³/mol. The van der Waals surface area contributed by atoms with Crippen LogP contribution in [0.4, 0.5) is 0 Å². The second-order valence-electron chi connectivity index (χ2n) is 6.54. The molecular weight excluding hydrogens is 366 g/mol. The third-order valence-corrected chi connectivity index (χ3v) is 4.79. The molecule has 1 aliphatic heterocycles. The largest absolute Gasteiger partial charge is 0.487 e. The molecule has 0 bridgehead atoms. The van der Waals surface area contributed by atoms with Crippen LogP contribution in [0.25, 0.3) is 0 Å². The summed E-state index contributed by atoms with van der Waals surface area (Å²) in [6, 6.07) is 9.42. The molecule has 1 saturated heterocycles. The van der Waals surface area contributed by atoms with E-state index in [0.717, 1.165) is 44.4 Å². The Hall–Kier alpha value is -2.25. The summed E-state index contributed by atoms with van der Waals surface area (Å²) in [4.78, 5) is 9.04. The lowest BCUT2D eigenvalue weighted by molar-refractivity contribution is 0.167. The summed E-state index contributed by atoms with van der Waals surface area (Å²) >= 11 is 6.15. The standard InChI is InChI=1S/C19H26ClN5O2/c1-15(27-18-6-4-3-5-17(18)20)13-22-19(21-2)25-10-8-24(9-11-25)14-16-7-12-26-23-16/h3-7,12,15H,8-11,13-14H2,1-2H3,(H,21,22). The lowest BCUT2D eigenvalue weighted by Gasteiger charge is -2.36. The van der Waals surface area contributed by atoms with Crippen LogP contribution in [0.5, 0.6) is 5.75 Å². The molecule has 1 aromatic heterocycles. The summed E-state index contributed by atoms with van der Waals surface area (Å²) in [6.07, 6.45) is 1.58. The maximum Gasteiger partial charge on any atom is 0.193 e. The fourth-order valence-corrected chi connectivity index (χ4v) is 3.21. The zero-order valence-electron chi connectivity index (χ0n) is 15.8. The molecule has 146 valence electrons. The van der Waals surface area contributed by atoms with Crippen LogP contribution in [-0.2, 0) is 6.54 Å². The van der Waals surface area contributed by atoms with Gasteiger partial charge in [-0.25, -0.2) is 0 Å². The highest BCUT2D eigenvalue weighted by Gasteiger charge is 2.20. The molecule has 0 spiro atoms. The van der Waals surface area contributed by atoms with Crippen molar-refractivity contribution in [2.45, 2.75) is 19.6 Å². The van der Waals surface area contributed by atoms with E-state index in [1.165, 1.54) is 0 Å². The first-order valence-electron chi connectivity index (χ1n) is 9.14. The van der Waals surface area contributed by atoms with Crippen molar-refractivity contribution in [3.63, 3.8) is 0 Å². The van der Waals surface area contributed by atoms with Crippen molar-refractivity contribution in [2.24, 2.45) is 4.99 Å². The normalized spacial score (nSPS) is 17.0. The fourth-order valence-electron chi connectivity index (χ4n) is 3.03. The number of guanidine groups is 1. The molecule has 7 nitrogen and oxygen atoms in total. The zero-order chi connectivity index (χ0) is 19.1. The number of piperazine rings is 1. The van der Waals surface area contributed by atoms with Crippen LogP contribution >= 0.6 is 11.6 Å². The van der Waals surface area contributed by atoms with Gasteiger partial charge in [0.1, 0.15) is 18.1 Å². The van der Waals surface area contributed by atoms with Gasteiger partial charge in [0.15, 0.2) is 5.96 Å². The molecule has 0 saturated carbocycles. The minimum atomic E-state index is -0.0323. The summed E-state index contributed by atoms with van der Waals surface area (Å²) in [5.41, 5.74) is 0.969. The van der Waals surface area contributed by atoms with Gasteiger partial charge in [-0.1, -0.05) is 28.9 Å². The van der Waals surface area contributed by atoms with Gasteiger partial charge in [-0.2, -0.15) is 0 Å². The number of aliphatic imine (C=N–C) groups is 1. The summed E-state index contributed by atoms with van der Waals surface area (Å²) in [5.74, 6) is 1.59. The minimum absolute atomic E-state index is 0.0323. The van der Waals surface area contributed by atoms with E-state index >= 15 is 0 Å². The Balaban J connectivity index is 1.43. The van der Waals surface area contributed by atoms with Crippen molar-refractivity contribution in [2.75, 3.05) is 39.8 Å². The number of nitrogens with zero attached hydrogens (tertiary/aromatic N) is 4. The van der Waals surface area contributed by atoms with Crippen molar-refractivity contribution in [1.82, 2.24) is 20.3 Å². The topological polar surface area (TPSA) is 66.1 Å². The number of hydrogen-bond acceptors (Lipinski definition) is 5. The highest BCUT2D eigenvalue weighted by molar-refractivity contribution is 6.32. The van der Waals surface area contributed by atoms with E-state index in [1.54, 1.807) is 6.26 Å². The summed E-state index contributed by atoms with van der Waals surface area (Å²) in [7, 11) is 1.81. The number of hydrogen-bond donors (Lipinski definition) is 1. The zero-order valence-corrected chi connectivity index (χ0v) is 16.5. The highest BCUT2D eigenvalue weighted by Crippen LogP contribution is 2.24. The van der Waals surface area contributed by atoms with Gasteiger partial charge >= 0.3 is 0 Å². The van der Waals surface area contributed by atoms with Gasteiger partial charge in [0.2, 0.25) is 0 Å². The van der Waals surface area contributed by atoms with Crippen molar-refractivity contribution in [1.29, 1.82) is 0 Å². The number of halogens is 1. The smallest absolute Gasteiger partial charge is 0.193 e. The number of para-hydroxylation sites is 1. The first kappa shape index (κ1) is 19.5. The molecule has 0 amide bonds. The maximum absolute atomic E-state index is 6.15. The van der Waals surface area contributed by atoms with Crippen LogP contribution in [-0.4, -0.2) is 66.8 Å². The molecule has 2 heterocycles. The van der Waals surface area contributed by atoms with Crippen molar-refractivity contribution >= 4 is 17.6 Å². The van der Waals surface area contributed by atoms with Crippen molar-refractivity contribution < 1.29 is 9.26 Å². The second-order valence-corrected chi connectivity index (χ2v) is 6.95. The van der Waals surface area contributed by atoms with Gasteiger partial charge < -0.3 is 19.5 Å².